The number of aromatic carboxylic acids is 1. The fourth-order valence-corrected chi connectivity index (χ4v) is 5.39. The number of thiophene rings is 1. The molecule has 0 spiro atoms. The second-order valence-electron chi connectivity index (χ2n) is 7.17. The molecule has 8 heteroatoms. The van der Waals surface area contributed by atoms with Gasteiger partial charge in [-0.25, -0.2) is 9.78 Å². The Morgan fingerprint density at radius 2 is 1.67 bits per heavy atom. The SMILES string of the molecule is CC.CC(C)c1sc(Nc2cc(-c3ccccc3)sc2C(=O)O)nc1-c1ccc(Cl)c(Cl)c1. The van der Waals surface area contributed by atoms with Crippen LogP contribution in [0.15, 0.2) is 54.6 Å². The van der Waals surface area contributed by atoms with Crippen molar-refractivity contribution in [1.29, 1.82) is 0 Å². The van der Waals surface area contributed by atoms with Crippen LogP contribution in [0.1, 0.15) is 48.2 Å². The van der Waals surface area contributed by atoms with E-state index in [0.717, 1.165) is 26.6 Å². The summed E-state index contributed by atoms with van der Waals surface area (Å²) >= 11 is 15.0. The van der Waals surface area contributed by atoms with Gasteiger partial charge in [0.05, 0.1) is 21.4 Å². The summed E-state index contributed by atoms with van der Waals surface area (Å²) in [7, 11) is 0. The maximum Gasteiger partial charge on any atom is 0.348 e. The van der Waals surface area contributed by atoms with E-state index in [1.54, 1.807) is 12.1 Å². The van der Waals surface area contributed by atoms with Gasteiger partial charge in [-0.1, -0.05) is 87.3 Å². The molecule has 0 atom stereocenters. The highest BCUT2D eigenvalue weighted by Crippen LogP contribution is 2.41. The van der Waals surface area contributed by atoms with Crippen LogP contribution in [0.5, 0.6) is 0 Å². The first-order valence-corrected chi connectivity index (χ1v) is 12.9. The third-order valence-corrected chi connectivity index (χ3v) is 7.78. The van der Waals surface area contributed by atoms with Crippen LogP contribution < -0.4 is 5.32 Å². The van der Waals surface area contributed by atoms with E-state index in [0.29, 0.717) is 20.9 Å². The molecule has 4 aromatic rings. The molecule has 0 fully saturated rings. The number of aromatic nitrogens is 1. The van der Waals surface area contributed by atoms with Gasteiger partial charge in [0.1, 0.15) is 4.88 Å². The number of hydrogen-bond acceptors (Lipinski definition) is 5. The summed E-state index contributed by atoms with van der Waals surface area (Å²) in [5.41, 5.74) is 3.19. The number of rotatable bonds is 6. The second kappa shape index (κ2) is 11.2. The number of nitrogens with one attached hydrogen (secondary N) is 1. The van der Waals surface area contributed by atoms with E-state index < -0.39 is 5.97 Å². The molecule has 2 N–H and O–H groups in total. The van der Waals surface area contributed by atoms with E-state index in [1.165, 1.54) is 22.7 Å². The summed E-state index contributed by atoms with van der Waals surface area (Å²) in [4.78, 5) is 18.8. The van der Waals surface area contributed by atoms with Gasteiger partial charge in [-0.2, -0.15) is 0 Å². The standard InChI is InChI=1S/C23H18Cl2N2O2S2.C2H6/c1-12(2)20-19(14-8-9-15(24)16(25)10-14)27-23(31-20)26-17-11-18(30-21(17)22(28)29)13-6-4-3-5-7-13;1-2/h3-12H,1-2H3,(H,26,27)(H,28,29);1-2H3. The lowest BCUT2D eigenvalue weighted by Crippen LogP contribution is -1.98. The maximum atomic E-state index is 11.9. The summed E-state index contributed by atoms with van der Waals surface area (Å²) in [5.74, 6) is -0.737. The molecule has 4 nitrogen and oxygen atoms in total. The molecule has 0 radical (unpaired) electrons. The Morgan fingerprint density at radius 1 is 0.970 bits per heavy atom. The van der Waals surface area contributed by atoms with Crippen molar-refractivity contribution in [1.82, 2.24) is 4.98 Å². The Kier molecular flexibility index (Phi) is 8.54. The Morgan fingerprint density at radius 3 is 2.27 bits per heavy atom. The van der Waals surface area contributed by atoms with Gasteiger partial charge >= 0.3 is 5.97 Å². The minimum absolute atomic E-state index is 0.235. The summed E-state index contributed by atoms with van der Waals surface area (Å²) in [5, 5.41) is 14.5. The van der Waals surface area contributed by atoms with E-state index >= 15 is 0 Å². The number of nitrogens with zero attached hydrogens (tertiary/aromatic N) is 1. The molecule has 33 heavy (non-hydrogen) atoms. The molecule has 2 heterocycles. The molecule has 2 aromatic heterocycles. The number of carboxylic acids is 1. The molecule has 0 aliphatic heterocycles. The van der Waals surface area contributed by atoms with Gasteiger partial charge in [-0.05, 0) is 29.7 Å². The Balaban J connectivity index is 0.00000149. The number of thiazole rings is 1. The normalized spacial score (nSPS) is 10.6. The van der Waals surface area contributed by atoms with Crippen LogP contribution in [-0.4, -0.2) is 16.1 Å². The average molecular weight is 520 g/mol. The fraction of sp³-hybridized carbons (Fsp3) is 0.200. The number of benzene rings is 2. The van der Waals surface area contributed by atoms with Gasteiger partial charge < -0.3 is 10.4 Å². The van der Waals surface area contributed by atoms with Crippen molar-refractivity contribution >= 4 is 62.7 Å². The monoisotopic (exact) mass is 518 g/mol. The summed E-state index contributed by atoms with van der Waals surface area (Å²) in [6, 6.07) is 17.0. The van der Waals surface area contributed by atoms with Crippen molar-refractivity contribution in [3.8, 4) is 21.7 Å². The molecule has 4 rings (SSSR count). The molecule has 0 bridgehead atoms. The molecule has 2 aromatic carbocycles. The summed E-state index contributed by atoms with van der Waals surface area (Å²) in [6.07, 6.45) is 0. The van der Waals surface area contributed by atoms with Gasteiger partial charge in [0.15, 0.2) is 5.13 Å². The molecule has 0 aliphatic carbocycles. The maximum absolute atomic E-state index is 11.9. The zero-order valence-electron chi connectivity index (χ0n) is 18.6. The lowest BCUT2D eigenvalue weighted by molar-refractivity contribution is 0.0703. The topological polar surface area (TPSA) is 62.2 Å². The highest BCUT2D eigenvalue weighted by Gasteiger charge is 2.21. The van der Waals surface area contributed by atoms with E-state index in [4.69, 9.17) is 28.2 Å². The van der Waals surface area contributed by atoms with E-state index in [1.807, 2.05) is 56.3 Å². The van der Waals surface area contributed by atoms with Crippen molar-refractivity contribution in [2.24, 2.45) is 0 Å². The largest absolute Gasteiger partial charge is 0.477 e. The van der Waals surface area contributed by atoms with Gasteiger partial charge in [0.25, 0.3) is 0 Å². The quantitative estimate of drug-likeness (QED) is 0.266. The van der Waals surface area contributed by atoms with Crippen LogP contribution in [0.2, 0.25) is 10.0 Å². The third-order valence-electron chi connectivity index (χ3n) is 4.60. The second-order valence-corrected chi connectivity index (χ2v) is 10.1. The van der Waals surface area contributed by atoms with E-state index in [2.05, 4.69) is 19.2 Å². The molecular formula is C25H24Cl2N2O2S2. The van der Waals surface area contributed by atoms with Crippen LogP contribution in [0.25, 0.3) is 21.7 Å². The molecule has 0 aliphatic rings. The van der Waals surface area contributed by atoms with Crippen LogP contribution in [0, 0.1) is 0 Å². The van der Waals surface area contributed by atoms with Gasteiger partial charge in [-0.15, -0.1) is 22.7 Å². The van der Waals surface area contributed by atoms with E-state index in [9.17, 15) is 9.90 Å². The highest BCUT2D eigenvalue weighted by molar-refractivity contribution is 7.18. The number of carbonyl (C=O) groups is 1. The third kappa shape index (κ3) is 5.76. The summed E-state index contributed by atoms with van der Waals surface area (Å²) < 4.78 is 0. The van der Waals surface area contributed by atoms with Crippen molar-refractivity contribution in [2.45, 2.75) is 33.6 Å². The van der Waals surface area contributed by atoms with Crippen molar-refractivity contribution in [2.75, 3.05) is 5.32 Å². The number of carboxylic acid groups (broad SMARTS) is 1. The average Bonchev–Trinajstić information content (AvgIpc) is 3.43. The Hall–Kier alpha value is -2.38. The Bertz CT molecular complexity index is 1250. The van der Waals surface area contributed by atoms with Crippen molar-refractivity contribution in [3.63, 3.8) is 0 Å². The predicted molar refractivity (Wildman–Crippen MR) is 143 cm³/mol. The fourth-order valence-electron chi connectivity index (χ4n) is 3.13. The lowest BCUT2D eigenvalue weighted by atomic mass is 10.1. The first-order chi connectivity index (χ1) is 15.8. The highest BCUT2D eigenvalue weighted by atomic mass is 35.5. The molecule has 172 valence electrons. The summed E-state index contributed by atoms with van der Waals surface area (Å²) in [6.45, 7) is 8.19. The zero-order chi connectivity index (χ0) is 24.1. The Labute approximate surface area is 211 Å². The first-order valence-electron chi connectivity index (χ1n) is 10.5. The number of anilines is 2. The number of hydrogen-bond donors (Lipinski definition) is 2. The van der Waals surface area contributed by atoms with Crippen LogP contribution in [0.3, 0.4) is 0 Å². The number of halogens is 2. The predicted octanol–water partition coefficient (Wildman–Crippen LogP) is 9.44. The minimum atomic E-state index is -0.972. The first kappa shape index (κ1) is 25.2. The smallest absolute Gasteiger partial charge is 0.348 e. The molecular weight excluding hydrogens is 495 g/mol. The molecule has 0 saturated heterocycles. The van der Waals surface area contributed by atoms with Gasteiger partial charge in [0, 0.05) is 15.3 Å². The van der Waals surface area contributed by atoms with Crippen LogP contribution in [-0.2, 0) is 0 Å². The zero-order valence-corrected chi connectivity index (χ0v) is 21.8. The van der Waals surface area contributed by atoms with Crippen molar-refractivity contribution in [3.05, 3.63) is 74.4 Å². The van der Waals surface area contributed by atoms with Crippen LogP contribution >= 0.6 is 45.9 Å². The minimum Gasteiger partial charge on any atom is -0.477 e. The van der Waals surface area contributed by atoms with E-state index in [-0.39, 0.29) is 10.8 Å². The van der Waals surface area contributed by atoms with Crippen molar-refractivity contribution < 1.29 is 9.90 Å². The van der Waals surface area contributed by atoms with Crippen LogP contribution in [0.4, 0.5) is 10.8 Å². The molecule has 0 amide bonds. The molecule has 0 unspecified atom stereocenters. The van der Waals surface area contributed by atoms with Gasteiger partial charge in [0.2, 0.25) is 0 Å². The molecule has 0 saturated carbocycles. The van der Waals surface area contributed by atoms with Gasteiger partial charge in [-0.3, -0.25) is 0 Å². The lowest BCUT2D eigenvalue weighted by Gasteiger charge is -2.06.